The Hall–Kier alpha value is -1.31. The normalized spacial score (nSPS) is 19.6. The van der Waals surface area contributed by atoms with Crippen molar-refractivity contribution in [2.24, 2.45) is 0 Å². The van der Waals surface area contributed by atoms with Crippen LogP contribution in [0.4, 0.5) is 0 Å². The predicted molar refractivity (Wildman–Crippen MR) is 113 cm³/mol. The molecule has 0 fully saturated rings. The van der Waals surface area contributed by atoms with Crippen LogP contribution in [-0.2, 0) is 10.0 Å². The molecule has 0 atom stereocenters. The molecular formula is C23H35NO2S. The van der Waals surface area contributed by atoms with Crippen LogP contribution in [0, 0.1) is 18.8 Å². The third-order valence-electron chi connectivity index (χ3n) is 5.20. The quantitative estimate of drug-likeness (QED) is 0.610. The van der Waals surface area contributed by atoms with E-state index in [1.807, 2.05) is 19.1 Å². The van der Waals surface area contributed by atoms with Crippen LogP contribution in [0.25, 0.3) is 0 Å². The molecule has 0 saturated carbocycles. The third kappa shape index (κ3) is 8.07. The van der Waals surface area contributed by atoms with E-state index in [2.05, 4.69) is 11.8 Å². The molecule has 3 nitrogen and oxygen atoms in total. The van der Waals surface area contributed by atoms with Gasteiger partial charge in [0.2, 0.25) is 10.0 Å². The van der Waals surface area contributed by atoms with Gasteiger partial charge in [0.15, 0.2) is 0 Å². The van der Waals surface area contributed by atoms with Gasteiger partial charge in [0.05, 0.1) is 4.90 Å². The zero-order valence-corrected chi connectivity index (χ0v) is 17.7. The number of nitrogens with zero attached hydrogens (tertiary/aromatic N) is 1. The summed E-state index contributed by atoms with van der Waals surface area (Å²) in [5.41, 5.74) is 1.09. The number of aryl methyl sites for hydroxylation is 1. The van der Waals surface area contributed by atoms with Gasteiger partial charge in [-0.25, -0.2) is 8.42 Å². The Kier molecular flexibility index (Phi) is 9.94. The Morgan fingerprint density at radius 1 is 0.704 bits per heavy atom. The van der Waals surface area contributed by atoms with Crippen LogP contribution in [0.5, 0.6) is 0 Å². The summed E-state index contributed by atoms with van der Waals surface area (Å²) in [6.07, 6.45) is 13.1. The average Bonchev–Trinajstić information content (AvgIpc) is 2.66. The van der Waals surface area contributed by atoms with E-state index < -0.39 is 10.0 Å². The molecule has 1 aliphatic heterocycles. The van der Waals surface area contributed by atoms with Gasteiger partial charge in [-0.2, -0.15) is 4.31 Å². The topological polar surface area (TPSA) is 37.4 Å². The maximum atomic E-state index is 13.1. The van der Waals surface area contributed by atoms with Crippen LogP contribution in [0.15, 0.2) is 29.2 Å². The lowest BCUT2D eigenvalue weighted by Crippen LogP contribution is -2.33. The zero-order chi connectivity index (χ0) is 19.4. The van der Waals surface area contributed by atoms with E-state index in [1.54, 1.807) is 16.4 Å². The molecule has 150 valence electrons. The maximum Gasteiger partial charge on any atom is 0.243 e. The Morgan fingerprint density at radius 3 is 1.67 bits per heavy atom. The van der Waals surface area contributed by atoms with Crippen LogP contribution in [0.2, 0.25) is 0 Å². The molecule has 1 aromatic carbocycles. The van der Waals surface area contributed by atoms with Crippen molar-refractivity contribution in [3.05, 3.63) is 29.8 Å². The predicted octanol–water partition coefficient (Wildman–Crippen LogP) is 5.68. The number of benzene rings is 1. The minimum absolute atomic E-state index is 0.427. The molecule has 0 unspecified atom stereocenters. The average molecular weight is 390 g/mol. The van der Waals surface area contributed by atoms with Crippen LogP contribution in [0.3, 0.4) is 0 Å². The van der Waals surface area contributed by atoms with Gasteiger partial charge in [-0.05, 0) is 44.7 Å². The Bertz CT molecular complexity index is 676. The van der Waals surface area contributed by atoms with E-state index in [-0.39, 0.29) is 0 Å². The summed E-state index contributed by atoms with van der Waals surface area (Å²) in [5, 5.41) is 0. The van der Waals surface area contributed by atoms with Crippen molar-refractivity contribution in [1.29, 1.82) is 0 Å². The first-order valence-electron chi connectivity index (χ1n) is 10.6. The molecule has 0 radical (unpaired) electrons. The van der Waals surface area contributed by atoms with Gasteiger partial charge in [-0.15, -0.1) is 11.8 Å². The summed E-state index contributed by atoms with van der Waals surface area (Å²) in [4.78, 5) is 0.427. The summed E-state index contributed by atoms with van der Waals surface area (Å²) in [7, 11) is -3.39. The van der Waals surface area contributed by atoms with Crippen molar-refractivity contribution in [2.45, 2.75) is 88.9 Å². The highest BCUT2D eigenvalue weighted by Crippen LogP contribution is 2.19. The highest BCUT2D eigenvalue weighted by atomic mass is 32.2. The van der Waals surface area contributed by atoms with Crippen LogP contribution >= 0.6 is 0 Å². The monoisotopic (exact) mass is 389 g/mol. The van der Waals surface area contributed by atoms with Gasteiger partial charge >= 0.3 is 0 Å². The molecule has 1 heterocycles. The number of sulfonamides is 1. The van der Waals surface area contributed by atoms with Gasteiger partial charge in [-0.1, -0.05) is 56.2 Å². The minimum Gasteiger partial charge on any atom is -0.207 e. The second kappa shape index (κ2) is 12.2. The zero-order valence-electron chi connectivity index (χ0n) is 16.9. The van der Waals surface area contributed by atoms with Gasteiger partial charge in [-0.3, -0.25) is 0 Å². The molecule has 27 heavy (non-hydrogen) atoms. The lowest BCUT2D eigenvalue weighted by atomic mass is 10.1. The molecule has 1 aliphatic rings. The Balaban J connectivity index is 1.98. The van der Waals surface area contributed by atoms with Crippen molar-refractivity contribution in [2.75, 3.05) is 13.1 Å². The standard InChI is InChI=1S/C23H35NO2S/c1-22-16-18-23(19-17-22)27(25,26)24-20-14-12-10-8-6-4-2-3-5-7-9-11-13-15-21-24/h16-19H,4-15,20-21H2,1H3. The third-order valence-corrected chi connectivity index (χ3v) is 7.12. The van der Waals surface area contributed by atoms with Gasteiger partial charge in [0, 0.05) is 25.9 Å². The molecule has 0 N–H and O–H groups in total. The first-order chi connectivity index (χ1) is 13.1. The fourth-order valence-corrected chi connectivity index (χ4v) is 4.97. The van der Waals surface area contributed by atoms with Gasteiger partial charge < -0.3 is 0 Å². The smallest absolute Gasteiger partial charge is 0.207 e. The van der Waals surface area contributed by atoms with E-state index >= 15 is 0 Å². The van der Waals surface area contributed by atoms with E-state index in [4.69, 9.17) is 0 Å². The van der Waals surface area contributed by atoms with Crippen molar-refractivity contribution in [1.82, 2.24) is 4.31 Å². The Morgan fingerprint density at radius 2 is 1.15 bits per heavy atom. The molecular weight excluding hydrogens is 354 g/mol. The molecule has 0 amide bonds. The first kappa shape index (κ1) is 22.0. The van der Waals surface area contributed by atoms with E-state index in [0.29, 0.717) is 18.0 Å². The summed E-state index contributed by atoms with van der Waals surface area (Å²) in [6, 6.07) is 7.25. The number of rotatable bonds is 2. The summed E-state index contributed by atoms with van der Waals surface area (Å²) in [5.74, 6) is 6.58. The lowest BCUT2D eigenvalue weighted by molar-refractivity contribution is 0.384. The fourth-order valence-electron chi connectivity index (χ4n) is 3.45. The van der Waals surface area contributed by atoms with Crippen LogP contribution < -0.4 is 0 Å². The largest absolute Gasteiger partial charge is 0.243 e. The molecule has 1 aromatic rings. The summed E-state index contributed by atoms with van der Waals surface area (Å²) in [6.45, 7) is 3.25. The highest BCUT2D eigenvalue weighted by molar-refractivity contribution is 7.89. The Labute approximate surface area is 166 Å². The SMILES string of the molecule is Cc1ccc(S(=O)(=O)N2CCCCCCCC#CCCCCCCC2)cc1. The van der Waals surface area contributed by atoms with Gasteiger partial charge in [0.1, 0.15) is 0 Å². The van der Waals surface area contributed by atoms with Crippen LogP contribution in [0.1, 0.15) is 82.6 Å². The van der Waals surface area contributed by atoms with Crippen molar-refractivity contribution < 1.29 is 8.42 Å². The maximum absolute atomic E-state index is 13.1. The first-order valence-corrected chi connectivity index (χ1v) is 12.1. The van der Waals surface area contributed by atoms with Gasteiger partial charge in [0.25, 0.3) is 0 Å². The lowest BCUT2D eigenvalue weighted by Gasteiger charge is -2.22. The van der Waals surface area contributed by atoms with Crippen molar-refractivity contribution >= 4 is 10.0 Å². The highest BCUT2D eigenvalue weighted by Gasteiger charge is 2.23. The fraction of sp³-hybridized carbons (Fsp3) is 0.652. The number of hydrogen-bond acceptors (Lipinski definition) is 2. The minimum atomic E-state index is -3.39. The molecule has 0 aromatic heterocycles. The second-order valence-electron chi connectivity index (χ2n) is 7.61. The van der Waals surface area contributed by atoms with E-state index in [9.17, 15) is 8.42 Å². The second-order valence-corrected chi connectivity index (χ2v) is 9.54. The van der Waals surface area contributed by atoms with E-state index in [0.717, 1.165) is 44.1 Å². The molecule has 0 saturated heterocycles. The molecule has 0 aliphatic carbocycles. The van der Waals surface area contributed by atoms with Crippen molar-refractivity contribution in [3.8, 4) is 11.8 Å². The van der Waals surface area contributed by atoms with Crippen LogP contribution in [-0.4, -0.2) is 25.8 Å². The molecule has 0 bridgehead atoms. The van der Waals surface area contributed by atoms with Crippen molar-refractivity contribution in [3.63, 3.8) is 0 Å². The molecule has 4 heteroatoms. The van der Waals surface area contributed by atoms with E-state index in [1.165, 1.54) is 38.5 Å². The number of hydrogen-bond donors (Lipinski definition) is 0. The molecule has 2 rings (SSSR count). The summed E-state index contributed by atoms with van der Waals surface area (Å²) >= 11 is 0. The summed E-state index contributed by atoms with van der Waals surface area (Å²) < 4.78 is 27.9. The molecule has 0 spiro atoms.